The molecule has 13 heteroatoms. The van der Waals surface area contributed by atoms with Crippen LogP contribution < -0.4 is 29.1 Å². The number of benzene rings is 3. The first-order chi connectivity index (χ1) is 23.1. The van der Waals surface area contributed by atoms with Gasteiger partial charge in [-0.2, -0.15) is 0 Å². The van der Waals surface area contributed by atoms with Crippen LogP contribution in [0.4, 0.5) is 0 Å². The number of methoxy groups -OCH3 is 2. The van der Waals surface area contributed by atoms with Crippen molar-refractivity contribution >= 4 is 52.6 Å². The van der Waals surface area contributed by atoms with Crippen molar-refractivity contribution in [3.63, 3.8) is 0 Å². The number of aromatic nitrogens is 1. The molecule has 0 amide bonds. The summed E-state index contributed by atoms with van der Waals surface area (Å²) in [6, 6.07) is 13.8. The maximum atomic E-state index is 14.2. The normalized spacial score (nSPS) is 14.3. The fourth-order valence-electron chi connectivity index (χ4n) is 5.40. The van der Waals surface area contributed by atoms with Gasteiger partial charge in [-0.1, -0.05) is 60.0 Å². The molecule has 0 fully saturated rings. The zero-order chi connectivity index (χ0) is 34.5. The van der Waals surface area contributed by atoms with Gasteiger partial charge in [0.2, 0.25) is 0 Å². The molecular formula is C35H32Cl2N2O8S. The van der Waals surface area contributed by atoms with E-state index in [1.165, 1.54) is 42.3 Å². The molecule has 0 bridgehead atoms. The zero-order valence-corrected chi connectivity index (χ0v) is 28.9. The molecule has 48 heavy (non-hydrogen) atoms. The molecule has 1 atom stereocenters. The first-order valence-corrected chi connectivity index (χ1v) is 16.5. The van der Waals surface area contributed by atoms with Gasteiger partial charge in [0.25, 0.3) is 5.56 Å². The third-order valence-corrected chi connectivity index (χ3v) is 8.98. The van der Waals surface area contributed by atoms with Gasteiger partial charge in [-0.15, -0.1) is 0 Å². The minimum absolute atomic E-state index is 0.0466. The number of ether oxygens (including phenoxy) is 4. The van der Waals surface area contributed by atoms with Gasteiger partial charge in [-0.05, 0) is 73.0 Å². The lowest BCUT2D eigenvalue weighted by Gasteiger charge is -2.27. The Morgan fingerprint density at radius 1 is 1.04 bits per heavy atom. The van der Waals surface area contributed by atoms with Gasteiger partial charge in [0.05, 0.1) is 47.2 Å². The summed E-state index contributed by atoms with van der Waals surface area (Å²) in [5, 5.41) is 9.93. The first kappa shape index (κ1) is 34.7. The maximum Gasteiger partial charge on any atom is 0.338 e. The molecule has 0 spiro atoms. The summed E-state index contributed by atoms with van der Waals surface area (Å²) in [4.78, 5) is 44.3. The summed E-state index contributed by atoms with van der Waals surface area (Å²) in [7, 11) is 2.97. The maximum absolute atomic E-state index is 14.2. The van der Waals surface area contributed by atoms with Crippen molar-refractivity contribution in [1.82, 2.24) is 4.57 Å². The summed E-state index contributed by atoms with van der Waals surface area (Å²) in [6.45, 7) is 3.88. The van der Waals surface area contributed by atoms with Crippen LogP contribution in [0.15, 0.2) is 75.7 Å². The lowest BCUT2D eigenvalue weighted by Crippen LogP contribution is -2.40. The number of hydrogen-bond donors (Lipinski definition) is 1. The van der Waals surface area contributed by atoms with Crippen molar-refractivity contribution in [1.29, 1.82) is 0 Å². The molecule has 0 radical (unpaired) electrons. The summed E-state index contributed by atoms with van der Waals surface area (Å²) < 4.78 is 24.4. The highest BCUT2D eigenvalue weighted by atomic mass is 35.5. The van der Waals surface area contributed by atoms with Gasteiger partial charge in [-0.3, -0.25) is 9.36 Å². The number of carboxylic acids is 1. The number of esters is 1. The average molecular weight is 712 g/mol. The van der Waals surface area contributed by atoms with Crippen molar-refractivity contribution in [2.45, 2.75) is 39.3 Å². The SMILES string of the molecule is CCCC1=C(C(=O)OCC)[C@H](c2cc(Cl)ccc2OC)n2c(s/c(=C/c3cc(Cl)c(OCc4cccc(C(=O)O)c4)c(OC)c3)c2=O)=N1. The first-order valence-electron chi connectivity index (χ1n) is 15.0. The minimum atomic E-state index is -1.04. The second kappa shape index (κ2) is 15.1. The Labute approximate surface area is 290 Å². The molecule has 4 aromatic rings. The standard InChI is InChI=1S/C35H32Cl2N2O8S/c1-5-8-25-29(34(43)46-6-2)30(23-17-22(36)11-12-26(23)44-3)39-32(40)28(48-35(39)38-25)16-20-14-24(37)31(27(15-20)45-4)47-18-19-9-7-10-21(13-19)33(41)42/h7,9-17,30H,5-6,8,18H2,1-4H3,(H,41,42)/b28-16+/t30-/m0/s1. The number of carboxylic acid groups (broad SMARTS) is 1. The summed E-state index contributed by atoms with van der Waals surface area (Å²) in [6.07, 6.45) is 2.85. The molecule has 1 aliphatic rings. The molecule has 3 aromatic carbocycles. The fourth-order valence-corrected chi connectivity index (χ4v) is 6.87. The topological polar surface area (TPSA) is 126 Å². The van der Waals surface area contributed by atoms with E-state index in [9.17, 15) is 19.5 Å². The van der Waals surface area contributed by atoms with Crippen LogP contribution in [0.25, 0.3) is 6.08 Å². The van der Waals surface area contributed by atoms with Gasteiger partial charge >= 0.3 is 11.9 Å². The largest absolute Gasteiger partial charge is 0.496 e. The van der Waals surface area contributed by atoms with E-state index in [1.54, 1.807) is 55.5 Å². The van der Waals surface area contributed by atoms with Crippen LogP contribution in [0.2, 0.25) is 10.0 Å². The third-order valence-electron chi connectivity index (χ3n) is 7.49. The lowest BCUT2D eigenvalue weighted by atomic mass is 9.93. The number of halogens is 2. The Morgan fingerprint density at radius 3 is 2.50 bits per heavy atom. The summed E-state index contributed by atoms with van der Waals surface area (Å²) in [5.41, 5.74) is 2.22. The average Bonchev–Trinajstić information content (AvgIpc) is 3.37. The Hall–Kier alpha value is -4.58. The summed E-state index contributed by atoms with van der Waals surface area (Å²) in [5.74, 6) is -0.603. The Bertz CT molecular complexity index is 2100. The molecule has 0 saturated heterocycles. The molecule has 10 nitrogen and oxygen atoms in total. The number of allylic oxidation sites excluding steroid dienone is 1. The molecule has 0 unspecified atom stereocenters. The highest BCUT2D eigenvalue weighted by molar-refractivity contribution is 7.07. The van der Waals surface area contributed by atoms with E-state index in [-0.39, 0.29) is 35.1 Å². The zero-order valence-electron chi connectivity index (χ0n) is 26.5. The molecule has 250 valence electrons. The Kier molecular flexibility index (Phi) is 10.9. The van der Waals surface area contributed by atoms with Crippen LogP contribution in [0, 0.1) is 0 Å². The van der Waals surface area contributed by atoms with Crippen molar-refractivity contribution in [2.24, 2.45) is 4.99 Å². The van der Waals surface area contributed by atoms with Crippen LogP contribution >= 0.6 is 34.5 Å². The molecule has 0 aliphatic carbocycles. The van der Waals surface area contributed by atoms with E-state index in [1.807, 2.05) is 6.92 Å². The lowest BCUT2D eigenvalue weighted by molar-refractivity contribution is -0.139. The van der Waals surface area contributed by atoms with Crippen LogP contribution in [-0.4, -0.2) is 42.4 Å². The van der Waals surface area contributed by atoms with E-state index in [0.29, 0.717) is 61.1 Å². The van der Waals surface area contributed by atoms with Gasteiger partial charge in [0.15, 0.2) is 16.3 Å². The minimum Gasteiger partial charge on any atom is -0.496 e. The third kappa shape index (κ3) is 7.13. The number of aromatic carboxylic acids is 1. The monoisotopic (exact) mass is 710 g/mol. The van der Waals surface area contributed by atoms with Gasteiger partial charge < -0.3 is 24.1 Å². The highest BCUT2D eigenvalue weighted by Crippen LogP contribution is 2.39. The molecular weight excluding hydrogens is 679 g/mol. The summed E-state index contributed by atoms with van der Waals surface area (Å²) >= 11 is 14.3. The van der Waals surface area contributed by atoms with Crippen LogP contribution in [0.3, 0.4) is 0 Å². The number of carbonyl (C=O) groups is 2. The van der Waals surface area contributed by atoms with E-state index >= 15 is 0 Å². The number of carbonyl (C=O) groups excluding carboxylic acids is 1. The molecule has 1 aliphatic heterocycles. The van der Waals surface area contributed by atoms with E-state index in [4.69, 9.17) is 47.1 Å². The number of rotatable bonds is 12. The van der Waals surface area contributed by atoms with Crippen LogP contribution in [-0.2, 0) is 16.1 Å². The number of hydrogen-bond acceptors (Lipinski definition) is 9. The van der Waals surface area contributed by atoms with E-state index in [2.05, 4.69) is 0 Å². The number of fused-ring (bicyclic) bond motifs is 1. The molecule has 1 N–H and O–H groups in total. The Morgan fingerprint density at radius 2 is 1.81 bits per heavy atom. The number of nitrogens with zero attached hydrogens (tertiary/aromatic N) is 2. The molecule has 5 rings (SSSR count). The second-order valence-corrected chi connectivity index (χ2v) is 12.5. The highest BCUT2D eigenvalue weighted by Gasteiger charge is 2.36. The molecule has 0 saturated carbocycles. The number of thiazole rings is 1. The fraction of sp³-hybridized carbons (Fsp3) is 0.257. The van der Waals surface area contributed by atoms with E-state index in [0.717, 1.165) is 0 Å². The Balaban J connectivity index is 1.62. The van der Waals surface area contributed by atoms with Crippen molar-refractivity contribution in [3.05, 3.63) is 118 Å². The molecule has 1 aromatic heterocycles. The smallest absolute Gasteiger partial charge is 0.338 e. The van der Waals surface area contributed by atoms with Gasteiger partial charge in [0, 0.05) is 10.6 Å². The molecule has 2 heterocycles. The van der Waals surface area contributed by atoms with Gasteiger partial charge in [-0.25, -0.2) is 14.6 Å². The predicted octanol–water partition coefficient (Wildman–Crippen LogP) is 6.18. The van der Waals surface area contributed by atoms with Crippen LogP contribution in [0.1, 0.15) is 59.8 Å². The van der Waals surface area contributed by atoms with Crippen molar-refractivity contribution in [2.75, 3.05) is 20.8 Å². The van der Waals surface area contributed by atoms with Crippen LogP contribution in [0.5, 0.6) is 17.2 Å². The van der Waals surface area contributed by atoms with Gasteiger partial charge in [0.1, 0.15) is 18.4 Å². The quantitative estimate of drug-likeness (QED) is 0.173. The van der Waals surface area contributed by atoms with E-state index < -0.39 is 23.5 Å². The second-order valence-electron chi connectivity index (χ2n) is 10.6. The van der Waals surface area contributed by atoms with Crippen molar-refractivity contribution < 1.29 is 33.6 Å². The predicted molar refractivity (Wildman–Crippen MR) is 183 cm³/mol. The van der Waals surface area contributed by atoms with Crippen molar-refractivity contribution in [3.8, 4) is 17.2 Å².